The van der Waals surface area contributed by atoms with Gasteiger partial charge in [0.1, 0.15) is 0 Å². The minimum absolute atomic E-state index is 0.0601. The van der Waals surface area contributed by atoms with E-state index in [0.29, 0.717) is 7.02 Å². The molecular formula is C18H5Cl10Sb. The van der Waals surface area contributed by atoms with Gasteiger partial charge >= 0.3 is 227 Å². The number of benzene rings is 3. The summed E-state index contributed by atoms with van der Waals surface area (Å²) in [6.07, 6.45) is 0. The molecule has 0 saturated heterocycles. The average molecular weight is 698 g/mol. The number of halogens is 10. The first-order valence-corrected chi connectivity index (χ1v) is 15.1. The zero-order valence-electron chi connectivity index (χ0n) is 13.6. The Labute approximate surface area is 224 Å². The van der Waals surface area contributed by atoms with Gasteiger partial charge < -0.3 is 0 Å². The molecule has 152 valence electrons. The van der Waals surface area contributed by atoms with Crippen LogP contribution in [0.15, 0.2) is 30.3 Å². The third kappa shape index (κ3) is 4.57. The van der Waals surface area contributed by atoms with Crippen molar-refractivity contribution in [3.63, 3.8) is 0 Å². The van der Waals surface area contributed by atoms with Crippen LogP contribution in [-0.2, 0) is 0 Å². The third-order valence-electron chi connectivity index (χ3n) is 3.83. The summed E-state index contributed by atoms with van der Waals surface area (Å²) >= 11 is 60.8. The Morgan fingerprint density at radius 3 is 0.966 bits per heavy atom. The molecule has 3 aromatic rings. The van der Waals surface area contributed by atoms with Crippen LogP contribution in [0.25, 0.3) is 0 Å². The van der Waals surface area contributed by atoms with E-state index in [1.807, 2.05) is 30.3 Å². The minimum atomic E-state index is -3.20. The van der Waals surface area contributed by atoms with Crippen LogP contribution >= 0.6 is 116 Å². The van der Waals surface area contributed by atoms with Crippen LogP contribution in [0.2, 0.25) is 50.2 Å². The molecule has 0 amide bonds. The van der Waals surface area contributed by atoms with Crippen LogP contribution < -0.4 is 10.5 Å². The van der Waals surface area contributed by atoms with Gasteiger partial charge in [0.05, 0.1) is 0 Å². The fourth-order valence-electron chi connectivity index (χ4n) is 2.53. The molecule has 29 heavy (non-hydrogen) atoms. The molecule has 0 bridgehead atoms. The van der Waals surface area contributed by atoms with Crippen LogP contribution in [0, 0.1) is 0 Å². The monoisotopic (exact) mass is 692 g/mol. The van der Waals surface area contributed by atoms with Crippen molar-refractivity contribution in [1.29, 1.82) is 0 Å². The molecule has 0 N–H and O–H groups in total. The Morgan fingerprint density at radius 2 is 0.655 bits per heavy atom. The molecular weight excluding hydrogens is 692 g/mol. The van der Waals surface area contributed by atoms with Gasteiger partial charge in [-0.25, -0.2) is 0 Å². The SMILES string of the molecule is Clc1c(Cl)c(Cl)[c]([Sb]([c]2ccccc2)[c]2c(Cl)c(Cl)c(Cl)c(Cl)c2Cl)c(Cl)c1Cl. The molecule has 0 aromatic heterocycles. The van der Waals surface area contributed by atoms with Crippen molar-refractivity contribution in [2.24, 2.45) is 0 Å². The Balaban J connectivity index is 2.50. The van der Waals surface area contributed by atoms with Gasteiger partial charge in [-0.2, -0.15) is 0 Å². The van der Waals surface area contributed by atoms with Crippen molar-refractivity contribution in [1.82, 2.24) is 0 Å². The second-order valence-corrected chi connectivity index (χ2v) is 15.2. The Kier molecular flexibility index (Phi) is 8.72. The summed E-state index contributed by atoms with van der Waals surface area (Å²) in [4.78, 5) is 0. The van der Waals surface area contributed by atoms with E-state index in [0.717, 1.165) is 3.51 Å². The number of rotatable bonds is 3. The molecule has 0 aliphatic rings. The first-order chi connectivity index (χ1) is 13.6. The molecule has 0 nitrogen and oxygen atoms in total. The van der Waals surface area contributed by atoms with Gasteiger partial charge in [0.15, 0.2) is 0 Å². The van der Waals surface area contributed by atoms with Crippen LogP contribution in [0.5, 0.6) is 0 Å². The molecule has 0 radical (unpaired) electrons. The van der Waals surface area contributed by atoms with Gasteiger partial charge in [-0.1, -0.05) is 0 Å². The van der Waals surface area contributed by atoms with E-state index in [4.69, 9.17) is 116 Å². The molecule has 0 fully saturated rings. The van der Waals surface area contributed by atoms with E-state index in [2.05, 4.69) is 0 Å². The molecule has 0 aliphatic heterocycles. The zero-order valence-corrected chi connectivity index (χ0v) is 23.7. The molecule has 11 heteroatoms. The van der Waals surface area contributed by atoms with Crippen molar-refractivity contribution in [3.05, 3.63) is 80.6 Å². The van der Waals surface area contributed by atoms with E-state index >= 15 is 0 Å². The summed E-state index contributed by atoms with van der Waals surface area (Å²) in [6.45, 7) is 0. The topological polar surface area (TPSA) is 0 Å². The quantitative estimate of drug-likeness (QED) is 0.146. The van der Waals surface area contributed by atoms with E-state index in [-0.39, 0.29) is 50.2 Å². The van der Waals surface area contributed by atoms with E-state index in [1.54, 1.807) is 0 Å². The first kappa shape index (κ1) is 25.0. The molecule has 0 saturated carbocycles. The van der Waals surface area contributed by atoms with Crippen molar-refractivity contribution in [2.45, 2.75) is 0 Å². The Hall–Kier alpha value is 1.38. The third-order valence-corrected chi connectivity index (χ3v) is 17.4. The molecule has 0 atom stereocenters. The summed E-state index contributed by atoms with van der Waals surface area (Å²) in [7, 11) is 0. The summed E-state index contributed by atoms with van der Waals surface area (Å²) in [5.41, 5.74) is 0. The fourth-order valence-corrected chi connectivity index (χ4v) is 14.8. The van der Waals surface area contributed by atoms with Gasteiger partial charge in [-0.05, 0) is 0 Å². The van der Waals surface area contributed by atoms with Gasteiger partial charge in [0.25, 0.3) is 0 Å². The van der Waals surface area contributed by atoms with Crippen molar-refractivity contribution in [2.75, 3.05) is 0 Å². The van der Waals surface area contributed by atoms with Crippen molar-refractivity contribution < 1.29 is 0 Å². The summed E-state index contributed by atoms with van der Waals surface area (Å²) in [6, 6.07) is 9.44. The number of hydrogen-bond acceptors (Lipinski definition) is 0. The van der Waals surface area contributed by atoms with Crippen LogP contribution in [-0.4, -0.2) is 20.2 Å². The Bertz CT molecular complexity index is 986. The predicted molar refractivity (Wildman–Crippen MR) is 134 cm³/mol. The van der Waals surface area contributed by atoms with E-state index in [1.165, 1.54) is 0 Å². The van der Waals surface area contributed by atoms with Crippen LogP contribution in [0.3, 0.4) is 0 Å². The zero-order chi connectivity index (χ0) is 21.6. The van der Waals surface area contributed by atoms with Crippen molar-refractivity contribution >= 4 is 147 Å². The second kappa shape index (κ2) is 10.1. The van der Waals surface area contributed by atoms with Crippen molar-refractivity contribution in [3.8, 4) is 0 Å². The molecule has 3 rings (SSSR count). The Morgan fingerprint density at radius 1 is 0.379 bits per heavy atom. The van der Waals surface area contributed by atoms with Gasteiger partial charge in [0.2, 0.25) is 0 Å². The predicted octanol–water partition coefficient (Wildman–Crippen LogP) is 8.74. The molecule has 0 unspecified atom stereocenters. The summed E-state index contributed by atoms with van der Waals surface area (Å²) in [5, 5.41) is 1.15. The first-order valence-electron chi connectivity index (χ1n) is 7.47. The van der Waals surface area contributed by atoms with Gasteiger partial charge in [-0.3, -0.25) is 0 Å². The molecule has 0 heterocycles. The van der Waals surface area contributed by atoms with Gasteiger partial charge in [-0.15, -0.1) is 0 Å². The summed E-state index contributed by atoms with van der Waals surface area (Å²) < 4.78 is 1.97. The summed E-state index contributed by atoms with van der Waals surface area (Å²) in [5.74, 6) is 0. The molecule has 3 aromatic carbocycles. The number of hydrogen-bond donors (Lipinski definition) is 0. The van der Waals surface area contributed by atoms with E-state index < -0.39 is 20.2 Å². The molecule has 0 spiro atoms. The standard InChI is InChI=1S/2C6Cl5.C6H5.Sb/c2*7-2-1-3(8)5(10)6(11)4(2)9;1-2-4-6-5-3-1;/h;;1-5H;. The van der Waals surface area contributed by atoms with E-state index in [9.17, 15) is 0 Å². The average Bonchev–Trinajstić information content (AvgIpc) is 2.73. The second-order valence-electron chi connectivity index (χ2n) is 5.51. The maximum absolute atomic E-state index is 6.59. The maximum atomic E-state index is 6.59. The fraction of sp³-hybridized carbons (Fsp3) is 0. The van der Waals surface area contributed by atoms with Gasteiger partial charge in [0, 0.05) is 0 Å². The normalized spacial score (nSPS) is 11.4. The van der Waals surface area contributed by atoms with Crippen LogP contribution in [0.4, 0.5) is 0 Å². The van der Waals surface area contributed by atoms with Crippen LogP contribution in [0.1, 0.15) is 0 Å². The molecule has 0 aliphatic carbocycles.